The van der Waals surface area contributed by atoms with E-state index in [4.69, 9.17) is 133 Å². The van der Waals surface area contributed by atoms with Crippen LogP contribution in [0.1, 0.15) is 0 Å². The average Bonchev–Trinajstić information content (AvgIpc) is 0.794. The van der Waals surface area contributed by atoms with Crippen LogP contribution in [0.15, 0.2) is 124 Å². The molecule has 0 spiro atoms. The molecule has 0 aliphatic carbocycles. The van der Waals surface area contributed by atoms with Gasteiger partial charge in [-0.15, -0.1) is 46.1 Å². The van der Waals surface area contributed by atoms with Crippen molar-refractivity contribution in [1.29, 1.82) is 0 Å². The maximum atomic E-state index is 10.1. The van der Waals surface area contributed by atoms with Crippen LogP contribution in [-0.4, -0.2) is 357 Å². The number of rotatable bonds is 42. The summed E-state index contributed by atoms with van der Waals surface area (Å²) in [5, 5.41) is 27.5. The summed E-state index contributed by atoms with van der Waals surface area (Å²) in [6.07, 6.45) is -39.9. The largest absolute Gasteiger partial charge is 0.376 e. The summed E-state index contributed by atoms with van der Waals surface area (Å²) < 4.78 is 188. The van der Waals surface area contributed by atoms with E-state index < -0.39 is 261 Å². The van der Waals surface area contributed by atoms with Gasteiger partial charge < -0.3 is 133 Å². The maximum Gasteiger partial charge on any atom is 0.187 e. The van der Waals surface area contributed by atoms with E-state index in [1.807, 2.05) is 0 Å². The van der Waals surface area contributed by atoms with Crippen molar-refractivity contribution >= 4 is 0 Å². The van der Waals surface area contributed by atoms with Crippen LogP contribution < -0.4 is 0 Å². The minimum atomic E-state index is -1.61. The van der Waals surface area contributed by atoms with Crippen LogP contribution in [0.3, 0.4) is 0 Å². The number of fused-ring (bicyclic) bond motifs is 7. The second-order valence-electron chi connectivity index (χ2n) is 26.9. The molecule has 0 aromatic heterocycles. The van der Waals surface area contributed by atoms with Crippen LogP contribution >= 0.6 is 0 Å². The minimum absolute atomic E-state index is 0.194. The average molecular weight is 1690 g/mol. The molecule has 658 valence electrons. The van der Waals surface area contributed by atoms with Crippen LogP contribution in [0.4, 0.5) is 0 Å². The van der Waals surface area contributed by atoms with Gasteiger partial charge in [-0.3, -0.25) is 0 Å². The molecule has 35 atom stereocenters. The third kappa shape index (κ3) is 24.4. The van der Waals surface area contributed by atoms with Gasteiger partial charge in [-0.05, 0) is 38.7 Å². The Morgan fingerprint density at radius 3 is 0.420 bits per heavy atom. The van der Waals surface area contributed by atoms with Gasteiger partial charge in [-0.2, -0.15) is 0 Å². The highest BCUT2D eigenvalue weighted by atomic mass is 16.8. The van der Waals surface area contributed by atoms with Gasteiger partial charge in [0.05, 0.1) is 135 Å². The molecule has 15 heterocycles. The van der Waals surface area contributed by atoms with Crippen molar-refractivity contribution in [3.63, 3.8) is 0 Å². The van der Waals surface area contributed by atoms with Crippen LogP contribution in [0.25, 0.3) is 73.1 Å². The molecule has 0 radical (unpaired) electrons. The number of azide groups is 7. The Balaban J connectivity index is 1.37. The van der Waals surface area contributed by atoms with Crippen molar-refractivity contribution in [3.8, 4) is 0 Å². The van der Waals surface area contributed by atoms with Crippen molar-refractivity contribution < 1.29 is 133 Å². The van der Waals surface area contributed by atoms with Gasteiger partial charge in [0.15, 0.2) is 44.0 Å². The highest BCUT2D eigenvalue weighted by Crippen LogP contribution is 2.44. The molecule has 0 unspecified atom stereocenters. The zero-order chi connectivity index (χ0) is 85.8. The summed E-state index contributed by atoms with van der Waals surface area (Å²) in [6, 6.07) is 0. The predicted octanol–water partition coefficient (Wildman–Crippen LogP) is 7.05. The van der Waals surface area contributed by atoms with Crippen LogP contribution in [0.5, 0.6) is 0 Å². The molecule has 15 fully saturated rings. The first-order valence-electron chi connectivity index (χ1n) is 37.7. The van der Waals surface area contributed by atoms with E-state index in [9.17, 15) is 38.7 Å². The summed E-state index contributed by atoms with van der Waals surface area (Å²) in [4.78, 5) is 21.4. The highest BCUT2D eigenvalue weighted by Gasteiger charge is 2.62. The summed E-state index contributed by atoms with van der Waals surface area (Å²) in [5.41, 5.74) is 70.4. The number of hydrogen-bond acceptors (Lipinski definition) is 35. The molecular weight excluding hydrogens is 1580 g/mol. The lowest BCUT2D eigenvalue weighted by atomic mass is 9.94. The Hall–Kier alpha value is -7.77. The van der Waals surface area contributed by atoms with Gasteiger partial charge in [-0.25, -0.2) is 0 Å². The number of ether oxygens (including phenoxy) is 28. The van der Waals surface area contributed by atoms with Crippen molar-refractivity contribution in [1.82, 2.24) is 0 Å². The molecular formula is C70H105N21O28. The predicted molar refractivity (Wildman–Crippen MR) is 408 cm³/mol. The fraction of sp³-hybridized carbons (Fsp3) is 0.800. The van der Waals surface area contributed by atoms with Crippen molar-refractivity contribution in [3.05, 3.63) is 162 Å². The summed E-state index contributed by atoms with van der Waals surface area (Å²) in [7, 11) is 9.36. The monoisotopic (exact) mass is 1690 g/mol. The smallest absolute Gasteiger partial charge is 0.187 e. The van der Waals surface area contributed by atoms with E-state index in [0.717, 1.165) is 0 Å². The van der Waals surface area contributed by atoms with Crippen molar-refractivity contribution in [2.45, 2.75) is 215 Å². The van der Waals surface area contributed by atoms with Crippen LogP contribution in [0, 0.1) is 0 Å². The third-order valence-electron chi connectivity index (χ3n) is 20.2. The zero-order valence-corrected chi connectivity index (χ0v) is 66.9. The molecule has 0 aromatic carbocycles. The first kappa shape index (κ1) is 96.7. The minimum Gasteiger partial charge on any atom is -0.376 e. The van der Waals surface area contributed by atoms with E-state index in [2.05, 4.69) is 116 Å². The van der Waals surface area contributed by atoms with E-state index >= 15 is 0 Å². The van der Waals surface area contributed by atoms with Crippen LogP contribution in [-0.2, 0) is 133 Å². The maximum absolute atomic E-state index is 10.1. The van der Waals surface area contributed by atoms with Gasteiger partial charge >= 0.3 is 0 Å². The van der Waals surface area contributed by atoms with E-state index in [1.54, 1.807) is 0 Å². The standard InChI is InChI=1S/C70H105N21O28/c1-15-22-99-57-50(92-8)43-36(29-78-85-71)106-64(57)113-44-37(30-79-86-72)107-66(58(51(44)93-9)100-23-16-2)115-46-39(32-81-88-74)109-68(60(53(46)95-11)102-25-18-4)117-48-41(34-83-90-76)111-70(62(55(48)97-13)104-27-20-6)119-49-42(35-84-91-77)112-69(63(56(49)98-14)105-28-21-7)118-47-40(33-82-89-75)110-67(61(54(47)96-12)103-26-19-5)116-45-38(31-80-87-73)108-65(114-43)59(52(45)94-10)101-24-17-3/h15-21,36-70H,1-7,22-35H2,8-14H3/t36-,37-,38-,39-,40-,41-,42-,43-,44-,45-,46-,47-,48-,49-,50-,51+,52+,53-,54+,55+,56+,57-,58-,59-,60-,61-,62-,63-,64-,65-,66-,67-,68-,69-,70-/m1/s1. The van der Waals surface area contributed by atoms with Gasteiger partial charge in [0.25, 0.3) is 0 Å². The lowest BCUT2D eigenvalue weighted by Gasteiger charge is -2.52. The molecule has 15 rings (SSSR count). The summed E-state index contributed by atoms with van der Waals surface area (Å²) in [5.74, 6) is 0. The number of nitrogens with zero attached hydrogens (tertiary/aromatic N) is 21. The molecule has 119 heavy (non-hydrogen) atoms. The Bertz CT molecular complexity index is 2950. The molecule has 15 aliphatic heterocycles. The Kier molecular flexibility index (Phi) is 41.6. The molecule has 15 saturated heterocycles. The van der Waals surface area contributed by atoms with Gasteiger partial charge in [0.1, 0.15) is 128 Å². The SMILES string of the molecule is C=CCO[C@H]1[C@H]2O[C@H]3[C@H](OC)[C@@H](OCC=C)[C@@H](O[C@H]4[C@@H](OC)[C@@H](OCC=C)[C@@H](O[C@H]5[C@H](OC)[C@@H](OCC=C)[C@@H](O[C@H]6[C@@H](OC)[C@@H](OCC=C)[C@@H](O[C@H]7[C@H](OC)[C@@H](OCC=C)[C@@H](O[C@H]8[C@H](OC)[C@@H](OCC=C)[C@@H](O[C@@H]([C@@H]1OC)[C@@H](CN=[N+]=[N-])O2)O[C@@H]8CN=[N+]=[N-])O[C@@H]7CN=[N+]=[N-])O[C@@H]6CN=[N+]=[N-])O[C@@H]5CN=[N+]=[N-])O[C@@H]4CN=[N+]=[N-])O[C@@H]3CN=[N+]=[N-]. The van der Waals surface area contributed by atoms with Crippen molar-refractivity contribution in [2.75, 3.05) is 142 Å². The third-order valence-corrected chi connectivity index (χ3v) is 20.2. The summed E-state index contributed by atoms with van der Waals surface area (Å²) in [6.45, 7) is 22.3. The molecule has 14 bridgehead atoms. The second-order valence-corrected chi connectivity index (χ2v) is 26.9. The Morgan fingerprint density at radius 1 is 0.210 bits per heavy atom. The normalized spacial score (nSPS) is 39.0. The topological polar surface area (TPSA) is 600 Å². The van der Waals surface area contributed by atoms with E-state index in [-0.39, 0.29) is 46.2 Å². The molecule has 49 heteroatoms. The molecule has 0 saturated carbocycles. The fourth-order valence-electron chi connectivity index (χ4n) is 15.4. The number of methoxy groups -OCH3 is 7. The van der Waals surface area contributed by atoms with E-state index in [0.29, 0.717) is 0 Å². The van der Waals surface area contributed by atoms with Crippen molar-refractivity contribution in [2.24, 2.45) is 35.8 Å². The molecule has 15 aliphatic rings. The molecule has 0 N–H and O–H groups in total. The Morgan fingerprint density at radius 2 is 0.328 bits per heavy atom. The fourth-order valence-corrected chi connectivity index (χ4v) is 15.4. The molecule has 0 amide bonds. The van der Waals surface area contributed by atoms with E-state index in [1.165, 1.54) is 92.3 Å². The molecule has 49 nitrogen and oxygen atoms in total. The van der Waals surface area contributed by atoms with Gasteiger partial charge in [-0.1, -0.05) is 78.3 Å². The molecule has 0 aromatic rings. The first-order chi connectivity index (χ1) is 58.2. The van der Waals surface area contributed by atoms with Crippen LogP contribution in [0.2, 0.25) is 0 Å². The lowest BCUT2D eigenvalue weighted by Crippen LogP contribution is -2.69. The first-order valence-corrected chi connectivity index (χ1v) is 37.7. The van der Waals surface area contributed by atoms with Gasteiger partial charge in [0.2, 0.25) is 0 Å². The zero-order valence-electron chi connectivity index (χ0n) is 66.9. The second kappa shape index (κ2) is 51.2. The van der Waals surface area contributed by atoms with Gasteiger partial charge in [0, 0.05) is 84.2 Å². The highest BCUT2D eigenvalue weighted by molar-refractivity contribution is 5.07. The Labute approximate surface area is 684 Å². The summed E-state index contributed by atoms with van der Waals surface area (Å²) >= 11 is 0. The quantitative estimate of drug-likeness (QED) is 0.0256. The lowest BCUT2D eigenvalue weighted by molar-refractivity contribution is -0.398. The number of hydrogen-bond donors (Lipinski definition) is 0.